The summed E-state index contributed by atoms with van der Waals surface area (Å²) in [5, 5.41) is 10.7. The van der Waals surface area contributed by atoms with E-state index in [1.807, 2.05) is 0 Å². The van der Waals surface area contributed by atoms with Crippen LogP contribution in [0.4, 0.5) is 0 Å². The summed E-state index contributed by atoms with van der Waals surface area (Å²) < 4.78 is 136. The zero-order chi connectivity index (χ0) is 32.5. The van der Waals surface area contributed by atoms with Crippen LogP contribution < -0.4 is 0 Å². The zero-order valence-electron chi connectivity index (χ0n) is 30.2. The maximum absolute atomic E-state index is 13.3. The van der Waals surface area contributed by atoms with E-state index in [9.17, 15) is 9.90 Å². The van der Waals surface area contributed by atoms with Crippen molar-refractivity contribution in [3.63, 3.8) is 0 Å². The molecule has 5 nitrogen and oxygen atoms in total. The topological polar surface area (TPSA) is 57.8 Å². The lowest BCUT2D eigenvalue weighted by molar-refractivity contribution is -0.159. The van der Waals surface area contributed by atoms with E-state index in [1.54, 1.807) is 0 Å². The Bertz CT molecular complexity index is 1440. The van der Waals surface area contributed by atoms with Gasteiger partial charge in [-0.25, -0.2) is 4.98 Å². The van der Waals surface area contributed by atoms with Gasteiger partial charge in [0.25, 0.3) is 0 Å². The van der Waals surface area contributed by atoms with Crippen LogP contribution in [0.3, 0.4) is 0 Å². The van der Waals surface area contributed by atoms with E-state index in [0.29, 0.717) is 4.40 Å². The highest BCUT2D eigenvalue weighted by Gasteiger charge is 2.50. The molecule has 0 bridgehead atoms. The average Bonchev–Trinajstić information content (AvgIpc) is 3.09. The van der Waals surface area contributed by atoms with Gasteiger partial charge in [0.2, 0.25) is 0 Å². The molecule has 0 radical (unpaired) electrons. The van der Waals surface area contributed by atoms with Crippen molar-refractivity contribution < 1.29 is 31.8 Å². The van der Waals surface area contributed by atoms with Crippen molar-refractivity contribution in [1.29, 1.82) is 0 Å². The van der Waals surface area contributed by atoms with Crippen molar-refractivity contribution in [2.75, 3.05) is 6.50 Å². The molecule has 1 saturated heterocycles. The van der Waals surface area contributed by atoms with Gasteiger partial charge in [0.1, 0.15) is 11.2 Å². The molecule has 0 unspecified atom stereocenters. The molecule has 0 spiro atoms. The number of nitrogens with zero attached hydrogens (tertiary/aromatic N) is 3. The van der Waals surface area contributed by atoms with E-state index in [-0.39, 0.29) is 10.5 Å². The molecule has 3 heterocycles. The van der Waals surface area contributed by atoms with Gasteiger partial charge < -0.3 is 9.51 Å². The monoisotopic (exact) mass is 359 g/mol. The summed E-state index contributed by atoms with van der Waals surface area (Å²) in [6, 6.07) is -0.683. The Labute approximate surface area is 172 Å². The molecule has 2 aromatic heterocycles. The van der Waals surface area contributed by atoms with Crippen LogP contribution in [0.15, 0.2) is 18.4 Å². The molecule has 1 aliphatic rings. The normalized spacial score (nSPS) is 41.0. The van der Waals surface area contributed by atoms with Gasteiger partial charge in [-0.3, -0.25) is 9.69 Å². The number of carboxylic acid groups (broad SMARTS) is 1. The third-order valence-electron chi connectivity index (χ3n) is 3.55. The minimum absolute atomic E-state index is 0.0631. The molecular weight excluding hydrogens is 314 g/mol. The van der Waals surface area contributed by atoms with Crippen LogP contribution in [0.1, 0.15) is 78.6 Å². The summed E-state index contributed by atoms with van der Waals surface area (Å²) in [6.45, 7) is -2.18. The summed E-state index contributed by atoms with van der Waals surface area (Å²) >= 11 is 0. The highest BCUT2D eigenvalue weighted by molar-refractivity contribution is 5.79. The number of hydrogen-bond acceptors (Lipinski definition) is 3. The van der Waals surface area contributed by atoms with Gasteiger partial charge in [-0.05, 0) is 71.3 Å². The lowest BCUT2D eigenvalue weighted by atomic mass is 9.79. The van der Waals surface area contributed by atoms with Crippen molar-refractivity contribution in [3.05, 3.63) is 35.2 Å². The Balaban J connectivity index is 2.69. The SMILES string of the molecule is [2H]c1c(C)c([2H])n2c([2H])c(C([2H])([2H])[C@@]3(C(=O)O)N(C(C)(C)C)C([2H])([2H])C([2H])([2H])C([2H])([2H])C3([2H])[2H])nc2c1C([2H])([2H])[2H]. The van der Waals surface area contributed by atoms with Crippen LogP contribution in [-0.2, 0) is 11.2 Å². The van der Waals surface area contributed by atoms with E-state index < -0.39 is 91.2 Å². The number of carboxylic acids is 1. The molecule has 0 saturated carbocycles. The molecule has 1 fully saturated rings. The van der Waals surface area contributed by atoms with Crippen molar-refractivity contribution in [1.82, 2.24) is 14.3 Å². The van der Waals surface area contributed by atoms with Gasteiger partial charge in [-0.2, -0.15) is 0 Å². The summed E-state index contributed by atoms with van der Waals surface area (Å²) in [7, 11) is 0. The zero-order valence-corrected chi connectivity index (χ0v) is 14.2. The fourth-order valence-electron chi connectivity index (χ4n) is 2.56. The molecule has 25 heavy (non-hydrogen) atoms. The van der Waals surface area contributed by atoms with E-state index in [0.717, 1.165) is 20.8 Å². The van der Waals surface area contributed by atoms with Crippen molar-refractivity contribution in [2.45, 2.75) is 71.1 Å². The number of piperidine rings is 1. The van der Waals surface area contributed by atoms with Gasteiger partial charge in [-0.1, -0.05) is 6.04 Å². The molecule has 0 aliphatic carbocycles. The lowest BCUT2D eigenvalue weighted by Crippen LogP contribution is -2.64. The predicted molar refractivity (Wildman–Crippen MR) is 99.0 cm³/mol. The largest absolute Gasteiger partial charge is 0.480 e. The Morgan fingerprint density at radius 1 is 1.52 bits per heavy atom. The quantitative estimate of drug-likeness (QED) is 0.910. The number of aryl methyl sites for hydroxylation is 1. The molecule has 1 N–H and O–H groups in total. The second-order valence-corrected chi connectivity index (χ2v) is 6.60. The fraction of sp³-hybridized carbons (Fsp3) is 0.600. The third-order valence-corrected chi connectivity index (χ3v) is 3.55. The summed E-state index contributed by atoms with van der Waals surface area (Å²) in [4.78, 5) is 17.2. The van der Waals surface area contributed by atoms with Crippen LogP contribution in [0.2, 0.25) is 0 Å². The second-order valence-electron chi connectivity index (χ2n) is 6.60. The average molecular weight is 360 g/mol. The number of pyridine rings is 1. The first-order valence-electron chi connectivity index (χ1n) is 15.5. The van der Waals surface area contributed by atoms with Crippen molar-refractivity contribution in [3.8, 4) is 0 Å². The summed E-state index contributed by atoms with van der Waals surface area (Å²) in [5.41, 5.74) is -9.06. The maximum atomic E-state index is 13.3. The Morgan fingerprint density at radius 2 is 2.28 bits per heavy atom. The van der Waals surface area contributed by atoms with E-state index in [1.165, 1.54) is 6.92 Å². The number of fused-ring (bicyclic) bond motifs is 1. The van der Waals surface area contributed by atoms with Gasteiger partial charge in [0, 0.05) is 42.1 Å². The van der Waals surface area contributed by atoms with Crippen LogP contribution in [-0.4, -0.2) is 42.9 Å². The highest BCUT2D eigenvalue weighted by Crippen LogP contribution is 2.37. The number of aliphatic carboxylic acids is 1. The summed E-state index contributed by atoms with van der Waals surface area (Å²) in [6.07, 6.45) is -17.6. The lowest BCUT2D eigenvalue weighted by Gasteiger charge is -2.50. The Kier molecular flexibility index (Phi) is 1.64. The smallest absolute Gasteiger partial charge is 0.324 e. The number of carbonyl (C=O) groups is 1. The molecule has 1 aliphatic heterocycles. The van der Waals surface area contributed by atoms with Crippen LogP contribution >= 0.6 is 0 Å². The van der Waals surface area contributed by atoms with Gasteiger partial charge in [-0.15, -0.1) is 0 Å². The van der Waals surface area contributed by atoms with Crippen LogP contribution in [0.25, 0.3) is 5.65 Å². The first-order chi connectivity index (χ1) is 17.9. The fourth-order valence-corrected chi connectivity index (χ4v) is 2.56. The number of likely N-dealkylation sites (tertiary alicyclic amines) is 1. The van der Waals surface area contributed by atoms with Gasteiger partial charge in [0.15, 0.2) is 0 Å². The van der Waals surface area contributed by atoms with E-state index in [2.05, 4.69) is 4.98 Å². The molecule has 0 amide bonds. The number of rotatable bonds is 3. The first kappa shape index (κ1) is 6.69. The Morgan fingerprint density at radius 3 is 2.92 bits per heavy atom. The maximum Gasteiger partial charge on any atom is 0.324 e. The van der Waals surface area contributed by atoms with E-state index in [4.69, 9.17) is 21.9 Å². The molecule has 1 atom stereocenters. The highest BCUT2D eigenvalue weighted by atomic mass is 16.4. The minimum Gasteiger partial charge on any atom is -0.480 e. The molecule has 136 valence electrons. The standard InChI is InChI=1S/C20H29N3O2/c1-14-10-15(2)17-21-16(13-22(17)12-14)11-20(18(24)25)8-6-7-9-23(20)19(3,4)5/h10,12-13H,6-9,11H2,1-5H3,(H,24,25)/t20-/m0/s1/i2D3,6D2,7D2,8D2,9D2,10D,11D2,12D,13D. The second kappa shape index (κ2) is 6.13. The number of imidazole rings is 1. The van der Waals surface area contributed by atoms with Gasteiger partial charge in [0.05, 0.1) is 9.81 Å². The molecule has 5 heteroatoms. The molecular formula is C20H29N3O2. The number of hydrogen-bond donors (Lipinski definition) is 1. The Hall–Kier alpha value is -1.88. The van der Waals surface area contributed by atoms with Crippen LogP contribution in [0.5, 0.6) is 0 Å². The predicted octanol–water partition coefficient (Wildman–Crippen LogP) is 3.60. The van der Waals surface area contributed by atoms with Crippen LogP contribution in [0, 0.1) is 13.8 Å². The third kappa shape index (κ3) is 3.17. The van der Waals surface area contributed by atoms with Crippen molar-refractivity contribution >= 4 is 11.6 Å². The molecule has 2 aromatic rings. The van der Waals surface area contributed by atoms with Crippen molar-refractivity contribution in [2.24, 2.45) is 0 Å². The van der Waals surface area contributed by atoms with Gasteiger partial charge >= 0.3 is 5.97 Å². The first-order valence-corrected chi connectivity index (χ1v) is 7.47. The summed E-state index contributed by atoms with van der Waals surface area (Å²) in [5.74, 6) is -2.46. The molecule has 0 aromatic carbocycles. The van der Waals surface area contributed by atoms with E-state index >= 15 is 0 Å². The molecule has 3 rings (SSSR count). The minimum atomic E-state index is -4.10. The number of aromatic nitrogens is 2.